The van der Waals surface area contributed by atoms with Crippen LogP contribution in [0.4, 0.5) is 4.39 Å². The molecule has 14 heteroatoms. The van der Waals surface area contributed by atoms with Crippen LogP contribution in [0.1, 0.15) is 82.6 Å². The summed E-state index contributed by atoms with van der Waals surface area (Å²) in [5.41, 5.74) is 7.49. The van der Waals surface area contributed by atoms with Crippen LogP contribution < -0.4 is 21.8 Å². The molecule has 1 heterocycles. The van der Waals surface area contributed by atoms with Crippen molar-refractivity contribution in [1.29, 1.82) is 0 Å². The largest absolute Gasteiger partial charge is 0.481 e. The molecule has 0 spiro atoms. The van der Waals surface area contributed by atoms with E-state index in [1.807, 2.05) is 13.8 Å². The summed E-state index contributed by atoms with van der Waals surface area (Å²) in [7, 11) is -0.653. The Labute approximate surface area is 252 Å². The number of hydrogen-bond acceptors (Lipinski definition) is 7. The quantitative estimate of drug-likeness (QED) is 0.0707. The Hall–Kier alpha value is -3.26. The number of guanidine groups is 1. The SMILES string of the molecule is Cc1ccc(F)c(C(=O)N[C@@H](CCCN=C(N)N[N+](=O)[O-])C(=O)N[C@@H](CC(C)C)B2O[C@@H]3C[C@H]4C[C@H](C4(C)C)[C@]3(C)O2)c1. The molecule has 1 aliphatic heterocycles. The fraction of sp³-hybridized carbons (Fsp3) is 0.690. The van der Waals surface area contributed by atoms with Crippen molar-refractivity contribution in [2.75, 3.05) is 6.54 Å². The van der Waals surface area contributed by atoms with Gasteiger partial charge in [-0.15, -0.1) is 0 Å². The van der Waals surface area contributed by atoms with Crippen LogP contribution in [0, 0.1) is 46.0 Å². The fourth-order valence-corrected chi connectivity index (χ4v) is 7.04. The van der Waals surface area contributed by atoms with Gasteiger partial charge in [0.15, 0.2) is 5.03 Å². The van der Waals surface area contributed by atoms with Gasteiger partial charge in [-0.3, -0.25) is 9.59 Å². The van der Waals surface area contributed by atoms with Gasteiger partial charge in [-0.25, -0.2) is 19.5 Å². The number of nitrogens with zero attached hydrogens (tertiary/aromatic N) is 2. The first-order valence-corrected chi connectivity index (χ1v) is 15.0. The van der Waals surface area contributed by atoms with Crippen molar-refractivity contribution in [1.82, 2.24) is 16.1 Å². The Kier molecular flexibility index (Phi) is 9.70. The van der Waals surface area contributed by atoms with Crippen LogP contribution in [0.15, 0.2) is 23.2 Å². The summed E-state index contributed by atoms with van der Waals surface area (Å²) in [5.74, 6) is -1.61. The van der Waals surface area contributed by atoms with E-state index in [-0.39, 0.29) is 48.3 Å². The summed E-state index contributed by atoms with van der Waals surface area (Å²) < 4.78 is 27.6. The smallest absolute Gasteiger partial charge is 0.404 e. The second-order valence-electron chi connectivity index (χ2n) is 13.4. The van der Waals surface area contributed by atoms with Crippen LogP contribution in [0.2, 0.25) is 0 Å². The molecule has 3 aliphatic carbocycles. The van der Waals surface area contributed by atoms with Crippen LogP contribution in [0.25, 0.3) is 0 Å². The van der Waals surface area contributed by atoms with E-state index in [0.29, 0.717) is 23.8 Å². The maximum absolute atomic E-state index is 14.5. The number of halogens is 1. The number of aliphatic imine (C=N–C) groups is 1. The van der Waals surface area contributed by atoms with Gasteiger partial charge >= 0.3 is 7.12 Å². The molecular weight excluding hydrogens is 558 g/mol. The van der Waals surface area contributed by atoms with Crippen molar-refractivity contribution in [2.24, 2.45) is 33.9 Å². The normalized spacial score (nSPS) is 27.1. The maximum Gasteiger partial charge on any atom is 0.481 e. The van der Waals surface area contributed by atoms with Crippen molar-refractivity contribution in [3.8, 4) is 0 Å². The molecule has 236 valence electrons. The molecule has 4 aliphatic rings. The topological polar surface area (TPSA) is 170 Å². The highest BCUT2D eigenvalue weighted by Gasteiger charge is 2.68. The van der Waals surface area contributed by atoms with Crippen LogP contribution in [-0.4, -0.2) is 60.2 Å². The van der Waals surface area contributed by atoms with E-state index in [1.165, 1.54) is 12.1 Å². The van der Waals surface area contributed by atoms with Crippen molar-refractivity contribution in [3.05, 3.63) is 45.3 Å². The number of hydrogen-bond donors (Lipinski definition) is 4. The molecule has 2 bridgehead atoms. The zero-order valence-corrected chi connectivity index (χ0v) is 25.8. The molecule has 0 aromatic heterocycles. The minimum absolute atomic E-state index is 0.0586. The van der Waals surface area contributed by atoms with Crippen LogP contribution >= 0.6 is 0 Å². The van der Waals surface area contributed by atoms with Gasteiger partial charge in [0.2, 0.25) is 5.91 Å². The number of benzene rings is 1. The highest BCUT2D eigenvalue weighted by molar-refractivity contribution is 6.48. The van der Waals surface area contributed by atoms with Gasteiger partial charge in [0, 0.05) is 6.54 Å². The maximum atomic E-state index is 14.5. The molecule has 5 rings (SSSR count). The van der Waals surface area contributed by atoms with E-state index in [0.717, 1.165) is 12.8 Å². The van der Waals surface area contributed by atoms with Gasteiger partial charge in [-0.1, -0.05) is 44.8 Å². The summed E-state index contributed by atoms with van der Waals surface area (Å²) in [6.07, 6.45) is 2.92. The third-order valence-electron chi connectivity index (χ3n) is 9.48. The van der Waals surface area contributed by atoms with E-state index >= 15 is 0 Å². The highest BCUT2D eigenvalue weighted by atomic mass is 19.1. The minimum atomic E-state index is -1.05. The molecule has 43 heavy (non-hydrogen) atoms. The van der Waals surface area contributed by atoms with Crippen LogP contribution in [0.3, 0.4) is 0 Å². The Morgan fingerprint density at radius 1 is 1.26 bits per heavy atom. The van der Waals surface area contributed by atoms with Crippen molar-refractivity contribution in [3.63, 3.8) is 0 Å². The number of amides is 2. The van der Waals surface area contributed by atoms with Crippen molar-refractivity contribution in [2.45, 2.75) is 97.3 Å². The molecule has 1 saturated heterocycles. The third kappa shape index (κ3) is 7.12. The Balaban J connectivity index is 1.49. The number of rotatable bonds is 12. The van der Waals surface area contributed by atoms with Crippen molar-refractivity contribution >= 4 is 24.9 Å². The predicted molar refractivity (Wildman–Crippen MR) is 160 cm³/mol. The van der Waals surface area contributed by atoms with Gasteiger partial charge in [0.25, 0.3) is 11.9 Å². The lowest BCUT2D eigenvalue weighted by Crippen LogP contribution is -2.65. The fourth-order valence-electron chi connectivity index (χ4n) is 7.04. The van der Waals surface area contributed by atoms with E-state index in [1.54, 1.807) is 18.4 Å². The molecule has 1 aromatic rings. The second kappa shape index (κ2) is 12.8. The number of carbonyl (C=O) groups is 2. The third-order valence-corrected chi connectivity index (χ3v) is 9.48. The molecule has 0 radical (unpaired) electrons. The zero-order valence-electron chi connectivity index (χ0n) is 25.8. The van der Waals surface area contributed by atoms with Gasteiger partial charge < -0.3 is 25.7 Å². The summed E-state index contributed by atoms with van der Waals surface area (Å²) in [6.45, 7) is 12.6. The molecule has 1 aromatic carbocycles. The van der Waals surface area contributed by atoms with E-state index < -0.39 is 47.4 Å². The number of hydrazine groups is 1. The van der Waals surface area contributed by atoms with Crippen LogP contribution in [-0.2, 0) is 14.1 Å². The lowest BCUT2D eigenvalue weighted by Gasteiger charge is -2.64. The lowest BCUT2D eigenvalue weighted by atomic mass is 9.43. The standard InChI is InChI=1S/C29H44BFN6O6/c1-16(2)12-24(30-42-23-15-18-14-22(28(18,4)5)29(23,6)43-30)35-26(39)21(8-7-11-33-27(32)36-37(40)41)34-25(38)19-13-17(3)9-10-20(19)31/h9-10,13,16,18,21-24H,7-8,11-12,14-15H2,1-6H3,(H,34,38)(H,35,39)(H3,32,33,36)/t18-,21+,22-,23-,24+,29+/m1/s1. The summed E-state index contributed by atoms with van der Waals surface area (Å²) >= 11 is 0. The Morgan fingerprint density at radius 2 is 1.98 bits per heavy atom. The number of aryl methyl sites for hydroxylation is 1. The second-order valence-corrected chi connectivity index (χ2v) is 13.4. The van der Waals surface area contributed by atoms with Gasteiger partial charge in [0.05, 0.1) is 23.2 Å². The zero-order chi connectivity index (χ0) is 31.7. The average molecular weight is 603 g/mol. The monoisotopic (exact) mass is 602 g/mol. The molecule has 12 nitrogen and oxygen atoms in total. The molecule has 4 fully saturated rings. The lowest BCUT2D eigenvalue weighted by molar-refractivity contribution is -0.525. The van der Waals surface area contributed by atoms with Gasteiger partial charge in [0.1, 0.15) is 11.9 Å². The number of nitro groups is 1. The molecular formula is C29H44BFN6O6. The number of nitrogens with two attached hydrogens (primary N) is 1. The van der Waals surface area contributed by atoms with Gasteiger partial charge in [-0.05, 0) is 81.3 Å². The van der Waals surface area contributed by atoms with E-state index in [4.69, 9.17) is 15.0 Å². The van der Waals surface area contributed by atoms with E-state index in [2.05, 4.69) is 36.4 Å². The number of nitrogens with one attached hydrogen (secondary N) is 3. The first-order valence-electron chi connectivity index (χ1n) is 15.0. The summed E-state index contributed by atoms with van der Waals surface area (Å²) in [5, 5.41) is 15.5. The predicted octanol–water partition coefficient (Wildman–Crippen LogP) is 2.91. The Morgan fingerprint density at radius 3 is 2.63 bits per heavy atom. The molecule has 3 saturated carbocycles. The van der Waals surface area contributed by atoms with Crippen LogP contribution in [0.5, 0.6) is 0 Å². The number of carbonyl (C=O) groups excluding carboxylic acids is 2. The molecule has 5 N–H and O–H groups in total. The molecule has 2 amide bonds. The molecule has 0 unspecified atom stereocenters. The summed E-state index contributed by atoms with van der Waals surface area (Å²) in [6, 6.07) is 3.13. The average Bonchev–Trinajstić information content (AvgIpc) is 3.27. The highest BCUT2D eigenvalue weighted by Crippen LogP contribution is 2.65. The van der Waals surface area contributed by atoms with Crippen molar-refractivity contribution < 1.29 is 28.3 Å². The summed E-state index contributed by atoms with van der Waals surface area (Å²) in [4.78, 5) is 41.3. The Bertz CT molecular complexity index is 1260. The first-order chi connectivity index (χ1) is 20.1. The minimum Gasteiger partial charge on any atom is -0.404 e. The molecule has 6 atom stereocenters. The van der Waals surface area contributed by atoms with Gasteiger partial charge in [-0.2, -0.15) is 0 Å². The first kappa shape index (κ1) is 32.7. The van der Waals surface area contributed by atoms with E-state index in [9.17, 15) is 24.1 Å².